The first kappa shape index (κ1) is 38.6. The average Bonchev–Trinajstić information content (AvgIpc) is 4.01. The lowest BCUT2D eigenvalue weighted by atomic mass is 9.85. The molecule has 0 bridgehead atoms. The van der Waals surface area contributed by atoms with Gasteiger partial charge in [0.25, 0.3) is 17.7 Å². The lowest BCUT2D eigenvalue weighted by molar-refractivity contribution is -0.136. The second kappa shape index (κ2) is 17.1. The molecule has 1 atom stereocenters. The molecule has 2 aliphatic heterocycles. The van der Waals surface area contributed by atoms with Crippen LogP contribution in [0.5, 0.6) is 0 Å². The molecule has 16 heteroatoms. The molecule has 58 heavy (non-hydrogen) atoms. The number of carbonyl (C=O) groups excluding carboxylic acids is 6. The smallest absolute Gasteiger partial charge is 0.262 e. The van der Waals surface area contributed by atoms with Crippen LogP contribution in [-0.4, -0.2) is 93.2 Å². The third kappa shape index (κ3) is 8.66. The second-order valence-corrected chi connectivity index (χ2v) is 15.2. The van der Waals surface area contributed by atoms with Crippen molar-refractivity contribution in [1.29, 1.82) is 0 Å². The van der Waals surface area contributed by atoms with Gasteiger partial charge in [-0.3, -0.25) is 44.0 Å². The maximum Gasteiger partial charge on any atom is 0.262 e. The van der Waals surface area contributed by atoms with E-state index < -0.39 is 29.7 Å². The highest BCUT2D eigenvalue weighted by Gasteiger charge is 2.45. The van der Waals surface area contributed by atoms with Crippen molar-refractivity contribution in [2.45, 2.75) is 82.3 Å². The van der Waals surface area contributed by atoms with Gasteiger partial charge in [-0.25, -0.2) is 9.97 Å². The van der Waals surface area contributed by atoms with Crippen LogP contribution in [0.3, 0.4) is 0 Å². The van der Waals surface area contributed by atoms with Gasteiger partial charge in [-0.05, 0) is 87.6 Å². The monoisotopic (exact) mass is 787 g/mol. The van der Waals surface area contributed by atoms with E-state index in [4.69, 9.17) is 4.74 Å². The number of nitrogens with one attached hydrogen (secondary N) is 5. The van der Waals surface area contributed by atoms with Crippen molar-refractivity contribution in [2.24, 2.45) is 5.92 Å². The van der Waals surface area contributed by atoms with Crippen LogP contribution in [0.2, 0.25) is 0 Å². The Morgan fingerprint density at radius 1 is 0.879 bits per heavy atom. The van der Waals surface area contributed by atoms with Gasteiger partial charge in [0.1, 0.15) is 17.7 Å². The molecule has 0 radical (unpaired) electrons. The van der Waals surface area contributed by atoms with E-state index in [1.54, 1.807) is 36.8 Å². The molecule has 3 fully saturated rings. The average molecular weight is 788 g/mol. The maximum absolute atomic E-state index is 13.5. The fraction of sp³-hybridized carbons (Fsp3) is 0.405. The Labute approximate surface area is 334 Å². The minimum Gasteiger partial charge on any atom is -0.382 e. The number of nitrogens with zero attached hydrogens (tertiary/aromatic N) is 4. The largest absolute Gasteiger partial charge is 0.382 e. The van der Waals surface area contributed by atoms with E-state index in [2.05, 4.69) is 41.5 Å². The fourth-order valence-electron chi connectivity index (χ4n) is 7.85. The highest BCUT2D eigenvalue weighted by molar-refractivity contribution is 6.24. The molecule has 0 spiro atoms. The number of aryl methyl sites for hydroxylation is 1. The minimum atomic E-state index is -1.01. The Bertz CT molecular complexity index is 2270. The number of ether oxygens (including phenoxy) is 1. The lowest BCUT2D eigenvalue weighted by Gasteiger charge is -2.28. The van der Waals surface area contributed by atoms with Crippen molar-refractivity contribution in [1.82, 2.24) is 35.8 Å². The van der Waals surface area contributed by atoms with Crippen molar-refractivity contribution in [2.75, 3.05) is 30.4 Å². The number of benzene rings is 1. The summed E-state index contributed by atoms with van der Waals surface area (Å²) < 4.78 is 5.76. The Kier molecular flexibility index (Phi) is 11.3. The molecular formula is C42H45N9O7. The molecule has 16 nitrogen and oxygen atoms in total. The van der Waals surface area contributed by atoms with Crippen molar-refractivity contribution >= 4 is 63.7 Å². The number of amides is 6. The Balaban J connectivity index is 0.750. The quantitative estimate of drug-likeness (QED) is 0.0860. The number of rotatable bonds is 15. The number of hydrogen-bond donors (Lipinski definition) is 5. The van der Waals surface area contributed by atoms with E-state index in [0.29, 0.717) is 98.3 Å². The second-order valence-electron chi connectivity index (χ2n) is 15.2. The van der Waals surface area contributed by atoms with Crippen LogP contribution >= 0.6 is 0 Å². The summed E-state index contributed by atoms with van der Waals surface area (Å²) in [6.45, 7) is 1.06. The first-order valence-corrected chi connectivity index (χ1v) is 20.0. The Morgan fingerprint density at radius 2 is 1.71 bits per heavy atom. The molecule has 1 saturated heterocycles. The van der Waals surface area contributed by atoms with Crippen LogP contribution in [-0.2, 0) is 25.5 Å². The summed E-state index contributed by atoms with van der Waals surface area (Å²) in [6.07, 6.45) is 11.1. The van der Waals surface area contributed by atoms with E-state index in [0.717, 1.165) is 28.6 Å². The molecule has 300 valence electrons. The molecule has 1 aromatic carbocycles. The summed E-state index contributed by atoms with van der Waals surface area (Å²) in [5, 5.41) is 16.0. The number of anilines is 3. The maximum atomic E-state index is 13.5. The van der Waals surface area contributed by atoms with E-state index in [9.17, 15) is 28.8 Å². The third-order valence-electron chi connectivity index (χ3n) is 11.1. The van der Waals surface area contributed by atoms with Crippen LogP contribution in [0.25, 0.3) is 10.9 Å². The molecule has 4 aliphatic rings. The summed E-state index contributed by atoms with van der Waals surface area (Å²) in [4.78, 5) is 91.1. The summed E-state index contributed by atoms with van der Waals surface area (Å²) in [5.74, 6) is -1.27. The van der Waals surface area contributed by atoms with Gasteiger partial charge in [0.2, 0.25) is 17.7 Å². The van der Waals surface area contributed by atoms with Gasteiger partial charge in [0, 0.05) is 67.6 Å². The normalized spacial score (nSPS) is 20.4. The molecule has 5 heterocycles. The lowest BCUT2D eigenvalue weighted by Crippen LogP contribution is -2.54. The first-order chi connectivity index (χ1) is 28.2. The highest BCUT2D eigenvalue weighted by atomic mass is 16.5. The minimum absolute atomic E-state index is 0.0299. The zero-order valence-corrected chi connectivity index (χ0v) is 31.9. The van der Waals surface area contributed by atoms with Crippen molar-refractivity contribution in [3.05, 3.63) is 83.3 Å². The van der Waals surface area contributed by atoms with Crippen LogP contribution in [0.4, 0.5) is 17.3 Å². The molecular weight excluding hydrogens is 743 g/mol. The molecule has 4 aromatic rings. The van der Waals surface area contributed by atoms with E-state index in [-0.39, 0.29) is 42.2 Å². The molecule has 6 amide bonds. The zero-order valence-electron chi connectivity index (χ0n) is 31.9. The Morgan fingerprint density at radius 3 is 2.52 bits per heavy atom. The highest BCUT2D eigenvalue weighted by Crippen LogP contribution is 2.32. The third-order valence-corrected chi connectivity index (χ3v) is 11.1. The molecule has 2 saturated carbocycles. The molecule has 5 N–H and O–H groups in total. The molecule has 2 aliphatic carbocycles. The number of pyridine rings is 3. The number of aromatic nitrogens is 3. The Hall–Kier alpha value is -6.29. The molecule has 3 aromatic heterocycles. The number of fused-ring (bicyclic) bond motifs is 2. The van der Waals surface area contributed by atoms with E-state index >= 15 is 0 Å². The van der Waals surface area contributed by atoms with Crippen molar-refractivity contribution in [3.63, 3.8) is 0 Å². The standard InChI is InChI=1S/C42H45N9O7/c52-36-15-13-33(40(55)50-36)51-41(56)29-5-1-3-24(37(29)42(51)57)4-2-19-58-20-18-44-38(53)25-6-9-28(10-7-25)47-39(54)30-23-45-35(21-32(30)46-27-11-12-27)49-34-14-8-26-22-43-17-16-31(26)48-34/h1,3,5,8,14,16-17,21-23,25,27-28,33H,2,4,6-7,9-13,15,18-20H2,(H,44,53)(H,47,54)(H,50,52,55)(H2,45,46,48,49). The van der Waals surface area contributed by atoms with Gasteiger partial charge in [-0.2, -0.15) is 0 Å². The van der Waals surface area contributed by atoms with Crippen LogP contribution in [0.1, 0.15) is 94.4 Å². The van der Waals surface area contributed by atoms with Crippen molar-refractivity contribution in [3.8, 4) is 0 Å². The van der Waals surface area contributed by atoms with Gasteiger partial charge in [0.15, 0.2) is 0 Å². The van der Waals surface area contributed by atoms with Gasteiger partial charge >= 0.3 is 0 Å². The molecule has 8 rings (SSSR count). The predicted molar refractivity (Wildman–Crippen MR) is 212 cm³/mol. The summed E-state index contributed by atoms with van der Waals surface area (Å²) in [5.41, 5.74) is 3.25. The summed E-state index contributed by atoms with van der Waals surface area (Å²) in [6, 6.07) is 11.8. The van der Waals surface area contributed by atoms with Crippen LogP contribution in [0, 0.1) is 5.92 Å². The number of hydrogen-bond acceptors (Lipinski definition) is 12. The van der Waals surface area contributed by atoms with Gasteiger partial charge in [0.05, 0.1) is 34.5 Å². The van der Waals surface area contributed by atoms with E-state index in [1.807, 2.05) is 24.3 Å². The fourth-order valence-corrected chi connectivity index (χ4v) is 7.85. The van der Waals surface area contributed by atoms with Gasteiger partial charge in [-0.15, -0.1) is 0 Å². The first-order valence-electron chi connectivity index (χ1n) is 20.0. The summed E-state index contributed by atoms with van der Waals surface area (Å²) in [7, 11) is 0. The van der Waals surface area contributed by atoms with E-state index in [1.165, 1.54) is 0 Å². The number of piperidine rings is 1. The molecule has 1 unspecified atom stereocenters. The van der Waals surface area contributed by atoms with Gasteiger partial charge in [-0.1, -0.05) is 12.1 Å². The van der Waals surface area contributed by atoms with Crippen molar-refractivity contribution < 1.29 is 33.5 Å². The predicted octanol–water partition coefficient (Wildman–Crippen LogP) is 3.80. The SMILES string of the molecule is O=C1CCC(N2C(=O)c3cccc(CCCOCCNC(=O)C4CCC(NC(=O)c5cnc(Nc6ccc7cnccc7n6)cc5NC5CC5)CC4)c3C2=O)C(=O)N1. The number of imide groups is 2. The summed E-state index contributed by atoms with van der Waals surface area (Å²) >= 11 is 0. The van der Waals surface area contributed by atoms with Crippen LogP contribution in [0.15, 0.2) is 61.1 Å². The topological polar surface area (TPSA) is 214 Å². The zero-order chi connectivity index (χ0) is 40.2. The number of carbonyl (C=O) groups is 6. The van der Waals surface area contributed by atoms with Crippen LogP contribution < -0.4 is 26.6 Å². The van der Waals surface area contributed by atoms with Gasteiger partial charge < -0.3 is 26.0 Å².